The van der Waals surface area contributed by atoms with Crippen LogP contribution < -0.4 is 15.4 Å². The van der Waals surface area contributed by atoms with Crippen LogP contribution in [-0.2, 0) is 11.8 Å². The normalized spacial score (nSPS) is 18.8. The third-order valence-corrected chi connectivity index (χ3v) is 7.02. The first-order valence-corrected chi connectivity index (χ1v) is 12.3. The Hall–Kier alpha value is -3.75. The van der Waals surface area contributed by atoms with Gasteiger partial charge in [0, 0.05) is 31.9 Å². The van der Waals surface area contributed by atoms with E-state index in [9.17, 15) is 19.2 Å². The van der Waals surface area contributed by atoms with Crippen molar-refractivity contribution in [2.24, 2.45) is 13.0 Å². The number of rotatable bonds is 6. The van der Waals surface area contributed by atoms with Crippen molar-refractivity contribution in [2.45, 2.75) is 58.2 Å². The molecule has 0 aliphatic heterocycles. The summed E-state index contributed by atoms with van der Waals surface area (Å²) in [5.74, 6) is -0.915. The van der Waals surface area contributed by atoms with Crippen LogP contribution in [0.4, 0.5) is 10.1 Å². The van der Waals surface area contributed by atoms with Gasteiger partial charge in [-0.05, 0) is 67.9 Å². The summed E-state index contributed by atoms with van der Waals surface area (Å²) in [6.45, 7) is 3.72. The molecule has 3 aromatic rings. The zero-order valence-corrected chi connectivity index (χ0v) is 20.8. The minimum atomic E-state index is -0.878. The van der Waals surface area contributed by atoms with E-state index in [1.807, 2.05) is 19.1 Å². The summed E-state index contributed by atoms with van der Waals surface area (Å²) in [5.41, 5.74) is 4.22. The van der Waals surface area contributed by atoms with E-state index >= 15 is 0 Å². The highest BCUT2D eigenvalue weighted by molar-refractivity contribution is 6.00. The van der Waals surface area contributed by atoms with E-state index in [0.29, 0.717) is 49.2 Å². The Balaban J connectivity index is 1.54. The van der Waals surface area contributed by atoms with E-state index in [4.69, 9.17) is 0 Å². The standard InChI is InChI=1S/C27H32FN5O3/c1-17-14-16-33(36)18(2)24(17)19-8-11-22(12-9-19)30-27(35)25(20-5-4-6-21(28)10-7-20)31-26(34)23-13-15-29-32(23)3/h8-9,11-16,20-21,25H,4-7,10H2,1-3H3,(H,30,35)(H,31,34)/t20-,21+,25-/m0/s1. The molecular weight excluding hydrogens is 461 g/mol. The fourth-order valence-corrected chi connectivity index (χ4v) is 4.97. The average molecular weight is 494 g/mol. The number of hydrogen-bond acceptors (Lipinski definition) is 4. The van der Waals surface area contributed by atoms with Crippen molar-refractivity contribution in [3.8, 4) is 11.1 Å². The van der Waals surface area contributed by atoms with Crippen molar-refractivity contribution in [3.05, 3.63) is 71.0 Å². The molecule has 0 unspecified atom stereocenters. The van der Waals surface area contributed by atoms with E-state index in [-0.39, 0.29) is 11.8 Å². The Labute approximate surface area is 210 Å². The first-order valence-electron chi connectivity index (χ1n) is 12.3. The number of carbonyl (C=O) groups excluding carboxylic acids is 2. The molecule has 0 spiro atoms. The lowest BCUT2D eigenvalue weighted by atomic mass is 9.90. The third kappa shape index (κ3) is 5.56. The maximum atomic E-state index is 14.0. The van der Waals surface area contributed by atoms with Crippen LogP contribution in [0.2, 0.25) is 0 Å². The summed E-state index contributed by atoms with van der Waals surface area (Å²) in [6.07, 6.45) is 4.83. The van der Waals surface area contributed by atoms with Gasteiger partial charge in [0.1, 0.15) is 17.9 Å². The number of hydrogen-bond donors (Lipinski definition) is 2. The number of nitrogens with zero attached hydrogens (tertiary/aromatic N) is 3. The highest BCUT2D eigenvalue weighted by Crippen LogP contribution is 2.29. The lowest BCUT2D eigenvalue weighted by Crippen LogP contribution is -2.49. The molecule has 2 aromatic heterocycles. The van der Waals surface area contributed by atoms with E-state index in [2.05, 4.69) is 15.7 Å². The molecule has 1 aromatic carbocycles. The molecule has 1 aliphatic rings. The van der Waals surface area contributed by atoms with Crippen LogP contribution in [0.1, 0.15) is 53.8 Å². The molecule has 1 aliphatic carbocycles. The minimum absolute atomic E-state index is 0.177. The van der Waals surface area contributed by atoms with Gasteiger partial charge in [0.2, 0.25) is 5.91 Å². The second-order valence-electron chi connectivity index (χ2n) is 9.51. The Morgan fingerprint density at radius 3 is 2.56 bits per heavy atom. The molecule has 8 nitrogen and oxygen atoms in total. The predicted octanol–water partition coefficient (Wildman–Crippen LogP) is 3.99. The highest BCUT2D eigenvalue weighted by atomic mass is 19.1. The number of benzene rings is 1. The predicted molar refractivity (Wildman–Crippen MR) is 135 cm³/mol. The zero-order valence-electron chi connectivity index (χ0n) is 20.8. The summed E-state index contributed by atoms with van der Waals surface area (Å²) in [7, 11) is 1.66. The van der Waals surface area contributed by atoms with Gasteiger partial charge in [-0.15, -0.1) is 0 Å². The van der Waals surface area contributed by atoms with Gasteiger partial charge >= 0.3 is 0 Å². The Bertz CT molecular complexity index is 1240. The molecule has 9 heteroatoms. The van der Waals surface area contributed by atoms with Crippen LogP contribution in [0.3, 0.4) is 0 Å². The second-order valence-corrected chi connectivity index (χ2v) is 9.51. The highest BCUT2D eigenvalue weighted by Gasteiger charge is 2.33. The lowest BCUT2D eigenvalue weighted by molar-refractivity contribution is -0.611. The second kappa shape index (κ2) is 10.9. The number of anilines is 1. The van der Waals surface area contributed by atoms with E-state index in [0.717, 1.165) is 21.4 Å². The molecule has 36 heavy (non-hydrogen) atoms. The van der Waals surface area contributed by atoms with Gasteiger partial charge in [-0.2, -0.15) is 9.83 Å². The zero-order chi connectivity index (χ0) is 25.8. The monoisotopic (exact) mass is 493 g/mol. The van der Waals surface area contributed by atoms with E-state index < -0.39 is 18.1 Å². The summed E-state index contributed by atoms with van der Waals surface area (Å²) in [6, 6.07) is 9.82. The fraction of sp³-hybridized carbons (Fsp3) is 0.407. The topological polar surface area (TPSA) is 103 Å². The van der Waals surface area contributed by atoms with E-state index in [1.165, 1.54) is 17.1 Å². The van der Waals surface area contributed by atoms with Crippen molar-refractivity contribution in [3.63, 3.8) is 0 Å². The SMILES string of the molecule is Cc1cc[n+]([O-])c(C)c1-c1ccc(NC(=O)[C@@H](NC(=O)c2ccnn2C)[C@H]2CCC[C@@H](F)CC2)cc1. The molecule has 2 amide bonds. The number of amides is 2. The molecule has 1 fully saturated rings. The Morgan fingerprint density at radius 2 is 1.86 bits per heavy atom. The minimum Gasteiger partial charge on any atom is -0.618 e. The van der Waals surface area contributed by atoms with Crippen molar-refractivity contribution in [1.29, 1.82) is 0 Å². The molecule has 2 N–H and O–H groups in total. The quantitative estimate of drug-likeness (QED) is 0.308. The molecule has 0 radical (unpaired) electrons. The molecule has 190 valence electrons. The summed E-state index contributed by atoms with van der Waals surface area (Å²) < 4.78 is 16.3. The summed E-state index contributed by atoms with van der Waals surface area (Å²) in [5, 5.41) is 21.9. The van der Waals surface area contributed by atoms with Crippen LogP contribution in [-0.4, -0.2) is 33.8 Å². The Kier molecular flexibility index (Phi) is 7.67. The van der Waals surface area contributed by atoms with Gasteiger partial charge in [0.25, 0.3) is 5.91 Å². The molecule has 4 rings (SSSR count). The van der Waals surface area contributed by atoms with Gasteiger partial charge in [-0.3, -0.25) is 14.3 Å². The first-order chi connectivity index (χ1) is 17.2. The van der Waals surface area contributed by atoms with Crippen LogP contribution in [0, 0.1) is 25.0 Å². The molecule has 2 heterocycles. The van der Waals surface area contributed by atoms with Gasteiger partial charge in [-0.25, -0.2) is 4.39 Å². The average Bonchev–Trinajstić information content (AvgIpc) is 3.17. The van der Waals surface area contributed by atoms with Gasteiger partial charge in [0.05, 0.1) is 5.56 Å². The van der Waals surface area contributed by atoms with Crippen molar-refractivity contribution < 1.29 is 18.7 Å². The van der Waals surface area contributed by atoms with Crippen LogP contribution >= 0.6 is 0 Å². The van der Waals surface area contributed by atoms with Crippen LogP contribution in [0.25, 0.3) is 11.1 Å². The van der Waals surface area contributed by atoms with Gasteiger partial charge in [-0.1, -0.05) is 18.6 Å². The number of pyridine rings is 1. The lowest BCUT2D eigenvalue weighted by Gasteiger charge is -2.26. The number of carbonyl (C=O) groups is 2. The summed E-state index contributed by atoms with van der Waals surface area (Å²) >= 11 is 0. The maximum Gasteiger partial charge on any atom is 0.270 e. The van der Waals surface area contributed by atoms with Gasteiger partial charge < -0.3 is 15.8 Å². The number of aryl methyl sites for hydroxylation is 2. The number of nitrogens with one attached hydrogen (secondary N) is 2. The molecular formula is C27H32FN5O3. The van der Waals surface area contributed by atoms with Crippen molar-refractivity contribution in [2.75, 3.05) is 5.32 Å². The molecule has 3 atom stereocenters. The van der Waals surface area contributed by atoms with E-state index in [1.54, 1.807) is 38.2 Å². The van der Waals surface area contributed by atoms with Crippen LogP contribution in [0.15, 0.2) is 48.8 Å². The van der Waals surface area contributed by atoms with Gasteiger partial charge in [0.15, 0.2) is 11.9 Å². The third-order valence-electron chi connectivity index (χ3n) is 7.02. The number of halogens is 1. The van der Waals surface area contributed by atoms with Crippen molar-refractivity contribution >= 4 is 17.5 Å². The Morgan fingerprint density at radius 1 is 1.11 bits per heavy atom. The molecule has 1 saturated carbocycles. The smallest absolute Gasteiger partial charge is 0.270 e. The molecule has 0 saturated heterocycles. The fourth-order valence-electron chi connectivity index (χ4n) is 4.97. The van der Waals surface area contributed by atoms with Crippen molar-refractivity contribution in [1.82, 2.24) is 15.1 Å². The first kappa shape index (κ1) is 25.3. The largest absolute Gasteiger partial charge is 0.618 e. The molecule has 0 bridgehead atoms. The maximum absolute atomic E-state index is 14.0. The van der Waals surface area contributed by atoms with Crippen LogP contribution in [0.5, 0.6) is 0 Å². The number of aromatic nitrogens is 3. The summed E-state index contributed by atoms with van der Waals surface area (Å²) in [4.78, 5) is 26.3. The number of alkyl halides is 1.